The van der Waals surface area contributed by atoms with Crippen LogP contribution in [0.4, 0.5) is 10.2 Å². The van der Waals surface area contributed by atoms with E-state index in [0.29, 0.717) is 27.4 Å². The predicted octanol–water partition coefficient (Wildman–Crippen LogP) is 2.76. The van der Waals surface area contributed by atoms with Crippen molar-refractivity contribution >= 4 is 66.1 Å². The highest BCUT2D eigenvalue weighted by Crippen LogP contribution is 2.36. The summed E-state index contributed by atoms with van der Waals surface area (Å²) in [7, 11) is -4.75. The summed E-state index contributed by atoms with van der Waals surface area (Å²) >= 11 is 1.92. The maximum Gasteiger partial charge on any atom is 0.255 e. The largest absolute Gasteiger partial charge is 0.437 e. The number of rotatable bonds is 9. The van der Waals surface area contributed by atoms with Crippen molar-refractivity contribution in [3.63, 3.8) is 0 Å². The molecule has 1 amide bonds. The fourth-order valence-electron chi connectivity index (χ4n) is 3.22. The van der Waals surface area contributed by atoms with E-state index in [4.69, 9.17) is 4.42 Å². The van der Waals surface area contributed by atoms with E-state index in [1.54, 1.807) is 6.07 Å². The highest BCUT2D eigenvalue weighted by atomic mass is 127. The van der Waals surface area contributed by atoms with Gasteiger partial charge in [0, 0.05) is 31.2 Å². The number of carbonyl (C=O) groups is 1. The first-order chi connectivity index (χ1) is 15.5. The smallest absolute Gasteiger partial charge is 0.255 e. The van der Waals surface area contributed by atoms with Crippen LogP contribution in [0.1, 0.15) is 23.2 Å². The van der Waals surface area contributed by atoms with E-state index in [2.05, 4.69) is 10.3 Å². The normalized spacial score (nSPS) is 11.8. The molecule has 33 heavy (non-hydrogen) atoms. The Kier molecular flexibility index (Phi) is 7.95. The molecular weight excluding hydrogens is 588 g/mol. The number of carbonyl (C=O) groups excluding carboxylic acids is 1. The summed E-state index contributed by atoms with van der Waals surface area (Å²) < 4.78 is 67.2. The molecule has 0 saturated heterocycles. The molecule has 0 bridgehead atoms. The quantitative estimate of drug-likeness (QED) is 0.217. The van der Waals surface area contributed by atoms with Crippen molar-refractivity contribution in [2.24, 2.45) is 0 Å². The van der Waals surface area contributed by atoms with Crippen LogP contribution in [0.15, 0.2) is 34.7 Å². The van der Waals surface area contributed by atoms with Crippen LogP contribution < -0.4 is 9.62 Å². The van der Waals surface area contributed by atoms with Gasteiger partial charge in [0.25, 0.3) is 5.91 Å². The number of fused-ring (bicyclic) bond motifs is 1. The van der Waals surface area contributed by atoms with Gasteiger partial charge in [0.15, 0.2) is 5.82 Å². The van der Waals surface area contributed by atoms with Crippen LogP contribution in [0, 0.1) is 9.39 Å². The number of sulfone groups is 1. The molecule has 178 valence electrons. The van der Waals surface area contributed by atoms with Crippen LogP contribution in [0.25, 0.3) is 22.4 Å². The van der Waals surface area contributed by atoms with Gasteiger partial charge in [-0.25, -0.2) is 21.2 Å². The van der Waals surface area contributed by atoms with E-state index >= 15 is 0 Å². The number of halogens is 2. The minimum Gasteiger partial charge on any atom is -0.437 e. The fourth-order valence-corrected chi connectivity index (χ4v) is 5.47. The standard InChI is InChI=1S/C20H21FIN3O6S2/c1-23-19(26)16-14-11-15(22)18(25(32(27)28)9-3-4-10-33(2,29)30)24-20(14)31-17(16)12-5-7-13(21)8-6-12/h5-8,11,32H,3-4,9-10H2,1-2H3,(H,23,26). The molecule has 2 heterocycles. The number of nitrogens with one attached hydrogen (secondary N) is 1. The van der Waals surface area contributed by atoms with Crippen LogP contribution in [0.2, 0.25) is 0 Å². The third-order valence-corrected chi connectivity index (χ3v) is 7.36. The van der Waals surface area contributed by atoms with Crippen LogP contribution >= 0.6 is 22.6 Å². The first-order valence-corrected chi connectivity index (χ1v) is 14.0. The Bertz CT molecular complexity index is 1360. The second-order valence-corrected chi connectivity index (χ2v) is 11.6. The van der Waals surface area contributed by atoms with Crippen molar-refractivity contribution in [2.75, 3.05) is 29.9 Å². The highest BCUT2D eigenvalue weighted by molar-refractivity contribution is 14.1. The number of hydrogen-bond donors (Lipinski definition) is 2. The minimum atomic E-state index is -3.15. The second-order valence-electron chi connectivity index (χ2n) is 7.24. The molecule has 2 aromatic heterocycles. The second kappa shape index (κ2) is 10.3. The van der Waals surface area contributed by atoms with Gasteiger partial charge in [0.1, 0.15) is 21.4 Å². The van der Waals surface area contributed by atoms with Gasteiger partial charge in [0.2, 0.25) is 16.6 Å². The highest BCUT2D eigenvalue weighted by Gasteiger charge is 2.25. The number of nitrogens with zero attached hydrogens (tertiary/aromatic N) is 2. The Hall–Kier alpha value is -2.26. The van der Waals surface area contributed by atoms with Crippen molar-refractivity contribution in [3.8, 4) is 11.3 Å². The maximum atomic E-state index is 13.4. The SMILES string of the molecule is CNC(=O)c1c(-c2ccc(F)cc2)oc2nc(N(CCCCS(C)(=O)=O)[SH](=O)=O)c(I)cc12. The summed E-state index contributed by atoms with van der Waals surface area (Å²) in [5, 5.41) is 2.92. The van der Waals surface area contributed by atoms with Gasteiger partial charge in [0.05, 0.1) is 14.5 Å². The van der Waals surface area contributed by atoms with Gasteiger partial charge in [-0.1, -0.05) is 0 Å². The van der Waals surface area contributed by atoms with E-state index < -0.39 is 32.5 Å². The molecule has 0 radical (unpaired) electrons. The van der Waals surface area contributed by atoms with E-state index in [1.807, 2.05) is 22.6 Å². The maximum absolute atomic E-state index is 13.4. The Morgan fingerprint density at radius 2 is 1.91 bits per heavy atom. The van der Waals surface area contributed by atoms with Crippen molar-refractivity contribution in [2.45, 2.75) is 12.8 Å². The van der Waals surface area contributed by atoms with Gasteiger partial charge in [-0.05, 0) is 65.8 Å². The van der Waals surface area contributed by atoms with Crippen molar-refractivity contribution < 1.29 is 30.4 Å². The lowest BCUT2D eigenvalue weighted by atomic mass is 10.1. The predicted molar refractivity (Wildman–Crippen MR) is 132 cm³/mol. The number of thiol groups is 1. The number of anilines is 1. The molecule has 0 unspecified atom stereocenters. The Morgan fingerprint density at radius 1 is 1.24 bits per heavy atom. The van der Waals surface area contributed by atoms with Gasteiger partial charge in [-0.2, -0.15) is 4.98 Å². The lowest BCUT2D eigenvalue weighted by Gasteiger charge is -2.17. The van der Waals surface area contributed by atoms with Gasteiger partial charge >= 0.3 is 0 Å². The average molecular weight is 609 g/mol. The summed E-state index contributed by atoms with van der Waals surface area (Å²) in [6.45, 7) is 0.0383. The molecule has 9 nitrogen and oxygen atoms in total. The minimum absolute atomic E-state index is 0.0383. The molecule has 3 rings (SSSR count). The number of aromatic nitrogens is 1. The van der Waals surface area contributed by atoms with E-state index in [9.17, 15) is 26.0 Å². The molecular formula is C20H21FIN3O6S2. The van der Waals surface area contributed by atoms with Crippen LogP contribution in [0.3, 0.4) is 0 Å². The Balaban J connectivity index is 2.06. The third-order valence-electron chi connectivity index (χ3n) is 4.75. The number of hydrogen-bond acceptors (Lipinski definition) is 7. The zero-order chi connectivity index (χ0) is 24.3. The third kappa shape index (κ3) is 6.00. The van der Waals surface area contributed by atoms with E-state index in [1.165, 1.54) is 31.3 Å². The molecule has 1 aromatic carbocycles. The zero-order valence-corrected chi connectivity index (χ0v) is 21.5. The van der Waals surface area contributed by atoms with E-state index in [0.717, 1.165) is 10.6 Å². The molecule has 0 aliphatic rings. The Morgan fingerprint density at radius 3 is 2.48 bits per heavy atom. The number of benzene rings is 1. The number of pyridine rings is 1. The zero-order valence-electron chi connectivity index (χ0n) is 17.7. The molecule has 1 N–H and O–H groups in total. The molecule has 0 aliphatic heterocycles. The molecule has 0 fully saturated rings. The molecule has 0 spiro atoms. The summed E-state index contributed by atoms with van der Waals surface area (Å²) in [6, 6.07) is 7.00. The topological polar surface area (TPSA) is 127 Å². The Labute approximate surface area is 205 Å². The van der Waals surface area contributed by atoms with Gasteiger partial charge < -0.3 is 9.73 Å². The van der Waals surface area contributed by atoms with Crippen molar-refractivity contribution in [1.29, 1.82) is 0 Å². The lowest BCUT2D eigenvalue weighted by Crippen LogP contribution is -2.25. The summed E-state index contributed by atoms with van der Waals surface area (Å²) in [5.74, 6) is -0.644. The number of unbranched alkanes of at least 4 members (excludes halogenated alkanes) is 1. The number of amides is 1. The molecule has 3 aromatic rings. The van der Waals surface area contributed by atoms with E-state index in [-0.39, 0.29) is 35.2 Å². The van der Waals surface area contributed by atoms with Crippen molar-refractivity contribution in [1.82, 2.24) is 10.3 Å². The van der Waals surface area contributed by atoms with Crippen LogP contribution in [-0.2, 0) is 20.7 Å². The lowest BCUT2D eigenvalue weighted by molar-refractivity contribution is 0.0964. The van der Waals surface area contributed by atoms with Crippen molar-refractivity contribution in [3.05, 3.63) is 45.3 Å². The molecule has 0 aliphatic carbocycles. The van der Waals surface area contributed by atoms with Gasteiger partial charge in [-0.3, -0.25) is 9.10 Å². The van der Waals surface area contributed by atoms with Gasteiger partial charge in [-0.15, -0.1) is 0 Å². The number of furan rings is 1. The van der Waals surface area contributed by atoms with Crippen LogP contribution in [0.5, 0.6) is 0 Å². The summed E-state index contributed by atoms with van der Waals surface area (Å²) in [6.07, 6.45) is 1.74. The van der Waals surface area contributed by atoms with Crippen LogP contribution in [-0.4, -0.2) is 53.3 Å². The molecule has 13 heteroatoms. The average Bonchev–Trinajstić information content (AvgIpc) is 3.10. The first kappa shape index (κ1) is 25.4. The molecule has 0 saturated carbocycles. The first-order valence-electron chi connectivity index (χ1n) is 9.72. The monoisotopic (exact) mass is 609 g/mol. The summed E-state index contributed by atoms with van der Waals surface area (Å²) in [4.78, 5) is 17.0. The summed E-state index contributed by atoms with van der Waals surface area (Å²) in [5.41, 5.74) is 0.695. The fraction of sp³-hybridized carbons (Fsp3) is 0.300. The molecule has 0 atom stereocenters.